The van der Waals surface area contributed by atoms with E-state index in [1.54, 1.807) is 29.5 Å². The van der Waals surface area contributed by atoms with Crippen LogP contribution in [-0.2, 0) is 0 Å². The molecule has 1 aromatic carbocycles. The van der Waals surface area contributed by atoms with E-state index in [1.165, 1.54) is 6.07 Å². The molecular weight excluding hydrogens is 268 g/mol. The van der Waals surface area contributed by atoms with E-state index in [0.717, 1.165) is 15.3 Å². The number of para-hydroxylation sites is 1. The summed E-state index contributed by atoms with van der Waals surface area (Å²) in [5, 5.41) is 0. The molecule has 0 fully saturated rings. The van der Waals surface area contributed by atoms with Gasteiger partial charge in [-0.3, -0.25) is 0 Å². The molecule has 1 unspecified atom stereocenters. The molecule has 1 heterocycles. The van der Waals surface area contributed by atoms with Gasteiger partial charge in [0.1, 0.15) is 5.75 Å². The molecule has 1 atom stereocenters. The summed E-state index contributed by atoms with van der Waals surface area (Å²) >= 11 is 1.58. The molecule has 2 rings (SSSR count). The Morgan fingerprint density at radius 2 is 1.89 bits per heavy atom. The van der Waals surface area contributed by atoms with Gasteiger partial charge < -0.3 is 10.5 Å². The summed E-state index contributed by atoms with van der Waals surface area (Å²) in [4.78, 5) is 2.12. The number of hydrogen-bond donors (Lipinski definition) is 1. The van der Waals surface area contributed by atoms with Crippen LogP contribution in [-0.4, -0.2) is 6.61 Å². The maximum atomic E-state index is 12.4. The Morgan fingerprint density at radius 3 is 2.47 bits per heavy atom. The third-order valence-electron chi connectivity index (χ3n) is 2.83. The fourth-order valence-corrected chi connectivity index (χ4v) is 3.11. The lowest BCUT2D eigenvalue weighted by molar-refractivity contribution is -0.0505. The predicted molar refractivity (Wildman–Crippen MR) is 72.9 cm³/mol. The molecule has 5 heteroatoms. The van der Waals surface area contributed by atoms with Gasteiger partial charge in [-0.25, -0.2) is 0 Å². The second-order valence-electron chi connectivity index (χ2n) is 4.30. The predicted octanol–water partition coefficient (Wildman–Crippen LogP) is 4.01. The normalized spacial score (nSPS) is 12.7. The second kappa shape index (κ2) is 5.67. The Labute approximate surface area is 114 Å². The van der Waals surface area contributed by atoms with Crippen LogP contribution >= 0.6 is 11.3 Å². The summed E-state index contributed by atoms with van der Waals surface area (Å²) < 4.78 is 29.3. The Bertz CT molecular complexity index is 568. The molecule has 0 saturated heterocycles. The SMILES string of the molecule is Cc1cc(C)c(C(N)c2ccccc2OC(F)F)s1. The van der Waals surface area contributed by atoms with Gasteiger partial charge in [0.15, 0.2) is 0 Å². The number of halogens is 2. The average Bonchev–Trinajstić information content (AvgIpc) is 2.67. The summed E-state index contributed by atoms with van der Waals surface area (Å²) in [7, 11) is 0. The zero-order chi connectivity index (χ0) is 14.0. The van der Waals surface area contributed by atoms with Gasteiger partial charge in [0.2, 0.25) is 0 Å². The molecule has 0 aliphatic heterocycles. The van der Waals surface area contributed by atoms with E-state index in [9.17, 15) is 8.78 Å². The molecule has 0 saturated carbocycles. The Hall–Kier alpha value is -1.46. The minimum atomic E-state index is -2.85. The monoisotopic (exact) mass is 283 g/mol. The van der Waals surface area contributed by atoms with Crippen molar-refractivity contribution in [1.29, 1.82) is 0 Å². The molecule has 0 radical (unpaired) electrons. The molecule has 19 heavy (non-hydrogen) atoms. The zero-order valence-corrected chi connectivity index (χ0v) is 11.5. The van der Waals surface area contributed by atoms with Crippen molar-refractivity contribution in [1.82, 2.24) is 0 Å². The van der Waals surface area contributed by atoms with Crippen LogP contribution in [0.4, 0.5) is 8.78 Å². The third-order valence-corrected chi connectivity index (χ3v) is 4.07. The molecule has 0 amide bonds. The number of ether oxygens (including phenoxy) is 1. The van der Waals surface area contributed by atoms with E-state index in [4.69, 9.17) is 5.73 Å². The third kappa shape index (κ3) is 3.11. The highest BCUT2D eigenvalue weighted by Gasteiger charge is 2.19. The fourth-order valence-electron chi connectivity index (χ4n) is 2.05. The number of benzene rings is 1. The highest BCUT2D eigenvalue weighted by molar-refractivity contribution is 7.12. The van der Waals surface area contributed by atoms with Crippen LogP contribution in [0.25, 0.3) is 0 Å². The number of alkyl halides is 2. The van der Waals surface area contributed by atoms with Gasteiger partial charge in [-0.1, -0.05) is 18.2 Å². The van der Waals surface area contributed by atoms with Crippen LogP contribution in [0.1, 0.15) is 26.9 Å². The fraction of sp³-hybridized carbons (Fsp3) is 0.286. The molecule has 102 valence electrons. The van der Waals surface area contributed by atoms with Gasteiger partial charge in [-0.2, -0.15) is 8.78 Å². The highest BCUT2D eigenvalue weighted by atomic mass is 32.1. The van der Waals surface area contributed by atoms with Crippen LogP contribution in [0, 0.1) is 13.8 Å². The van der Waals surface area contributed by atoms with Crippen LogP contribution in [0.5, 0.6) is 5.75 Å². The van der Waals surface area contributed by atoms with Crippen molar-refractivity contribution in [2.45, 2.75) is 26.5 Å². The smallest absolute Gasteiger partial charge is 0.387 e. The van der Waals surface area contributed by atoms with Crippen LogP contribution in [0.2, 0.25) is 0 Å². The number of nitrogens with two attached hydrogens (primary N) is 1. The molecule has 0 aliphatic carbocycles. The van der Waals surface area contributed by atoms with E-state index in [2.05, 4.69) is 4.74 Å². The first kappa shape index (κ1) is 14.0. The number of hydrogen-bond acceptors (Lipinski definition) is 3. The van der Waals surface area contributed by atoms with E-state index < -0.39 is 12.7 Å². The lowest BCUT2D eigenvalue weighted by atomic mass is 10.0. The summed E-state index contributed by atoms with van der Waals surface area (Å²) in [5.41, 5.74) is 7.84. The van der Waals surface area contributed by atoms with Crippen LogP contribution < -0.4 is 10.5 Å². The van der Waals surface area contributed by atoms with Crippen molar-refractivity contribution in [2.75, 3.05) is 0 Å². The highest BCUT2D eigenvalue weighted by Crippen LogP contribution is 2.34. The topological polar surface area (TPSA) is 35.2 Å². The van der Waals surface area contributed by atoms with E-state index >= 15 is 0 Å². The molecule has 2 N–H and O–H groups in total. The number of thiophene rings is 1. The van der Waals surface area contributed by atoms with Gasteiger partial charge in [-0.05, 0) is 31.5 Å². The Kier molecular flexibility index (Phi) is 4.17. The molecule has 1 aromatic heterocycles. The summed E-state index contributed by atoms with van der Waals surface area (Å²) in [6.07, 6.45) is 0. The van der Waals surface area contributed by atoms with Crippen LogP contribution in [0.3, 0.4) is 0 Å². The van der Waals surface area contributed by atoms with Gasteiger partial charge in [0, 0.05) is 15.3 Å². The van der Waals surface area contributed by atoms with Crippen molar-refractivity contribution in [2.24, 2.45) is 5.73 Å². The maximum Gasteiger partial charge on any atom is 0.387 e. The lowest BCUT2D eigenvalue weighted by Crippen LogP contribution is -2.14. The number of rotatable bonds is 4. The first-order valence-corrected chi connectivity index (χ1v) is 6.67. The standard InChI is InChI=1S/C14H15F2NOS/c1-8-7-9(2)19-13(8)12(17)10-5-3-4-6-11(10)18-14(15)16/h3-7,12,14H,17H2,1-2H3. The minimum Gasteiger partial charge on any atom is -0.434 e. The first-order chi connectivity index (χ1) is 8.99. The van der Waals surface area contributed by atoms with Crippen molar-refractivity contribution >= 4 is 11.3 Å². The van der Waals surface area contributed by atoms with Gasteiger partial charge >= 0.3 is 6.61 Å². The molecule has 0 spiro atoms. The van der Waals surface area contributed by atoms with Crippen molar-refractivity contribution < 1.29 is 13.5 Å². The van der Waals surface area contributed by atoms with Gasteiger partial charge in [0.25, 0.3) is 0 Å². The molecule has 0 bridgehead atoms. The number of aryl methyl sites for hydroxylation is 2. The lowest BCUT2D eigenvalue weighted by Gasteiger charge is -2.16. The molecule has 0 aliphatic rings. The molecule has 2 aromatic rings. The quantitative estimate of drug-likeness (QED) is 0.920. The van der Waals surface area contributed by atoms with Gasteiger partial charge in [-0.15, -0.1) is 11.3 Å². The zero-order valence-electron chi connectivity index (χ0n) is 10.7. The summed E-state index contributed by atoms with van der Waals surface area (Å²) in [6, 6.07) is 8.24. The minimum absolute atomic E-state index is 0.135. The van der Waals surface area contributed by atoms with E-state index in [-0.39, 0.29) is 5.75 Å². The maximum absolute atomic E-state index is 12.4. The Balaban J connectivity index is 2.38. The van der Waals surface area contributed by atoms with E-state index in [0.29, 0.717) is 5.56 Å². The average molecular weight is 283 g/mol. The Morgan fingerprint density at radius 1 is 1.21 bits per heavy atom. The van der Waals surface area contributed by atoms with Crippen LogP contribution in [0.15, 0.2) is 30.3 Å². The van der Waals surface area contributed by atoms with Gasteiger partial charge in [0.05, 0.1) is 6.04 Å². The van der Waals surface area contributed by atoms with Crippen molar-refractivity contribution in [3.63, 3.8) is 0 Å². The summed E-state index contributed by atoms with van der Waals surface area (Å²) in [5.74, 6) is 0.135. The second-order valence-corrected chi connectivity index (χ2v) is 5.59. The van der Waals surface area contributed by atoms with E-state index in [1.807, 2.05) is 19.9 Å². The summed E-state index contributed by atoms with van der Waals surface area (Å²) in [6.45, 7) is 1.12. The largest absolute Gasteiger partial charge is 0.434 e. The molecule has 2 nitrogen and oxygen atoms in total. The first-order valence-electron chi connectivity index (χ1n) is 5.85. The molecular formula is C14H15F2NOS. The van der Waals surface area contributed by atoms with Crippen molar-refractivity contribution in [3.8, 4) is 5.75 Å². The van der Waals surface area contributed by atoms with Crippen molar-refractivity contribution in [3.05, 3.63) is 51.2 Å².